The van der Waals surface area contributed by atoms with E-state index in [0.717, 1.165) is 16.2 Å². The summed E-state index contributed by atoms with van der Waals surface area (Å²) < 4.78 is 12.6. The lowest BCUT2D eigenvalue weighted by molar-refractivity contribution is 0.0943. The minimum absolute atomic E-state index is 0.127. The second-order valence-electron chi connectivity index (χ2n) is 6.50. The van der Waals surface area contributed by atoms with Gasteiger partial charge in [0.2, 0.25) is 5.88 Å². The summed E-state index contributed by atoms with van der Waals surface area (Å²) >= 11 is 1.54. The Hall–Kier alpha value is -3.59. The Morgan fingerprint density at radius 3 is 2.65 bits per heavy atom. The lowest BCUT2D eigenvalue weighted by Crippen LogP contribution is -2.28. The number of rotatable bonds is 8. The van der Waals surface area contributed by atoms with E-state index in [1.54, 1.807) is 23.8 Å². The Morgan fingerprint density at radius 2 is 1.87 bits per heavy atom. The van der Waals surface area contributed by atoms with Crippen LogP contribution in [0, 0.1) is 0 Å². The molecule has 9 heteroatoms. The average Bonchev–Trinajstić information content (AvgIpc) is 3.25. The second-order valence-corrected chi connectivity index (χ2v) is 7.35. The highest BCUT2D eigenvalue weighted by molar-refractivity contribution is 7.98. The predicted molar refractivity (Wildman–Crippen MR) is 119 cm³/mol. The molecule has 158 valence electrons. The van der Waals surface area contributed by atoms with Crippen LogP contribution in [0.5, 0.6) is 11.6 Å². The number of hydrogen-bond acceptors (Lipinski definition) is 7. The summed E-state index contributed by atoms with van der Waals surface area (Å²) in [6, 6.07) is 18.5. The van der Waals surface area contributed by atoms with Crippen molar-refractivity contribution in [3.63, 3.8) is 0 Å². The largest absolute Gasteiger partial charge is 0.497 e. The number of methoxy groups -OCH3 is 1. The van der Waals surface area contributed by atoms with Crippen molar-refractivity contribution in [3.05, 3.63) is 66.2 Å². The summed E-state index contributed by atoms with van der Waals surface area (Å²) in [4.78, 5) is 13.3. The molecular formula is C22H21N5O3S. The number of amides is 1. The predicted octanol–water partition coefficient (Wildman–Crippen LogP) is 3.33. The third-order valence-electron chi connectivity index (χ3n) is 4.58. The number of fused-ring (bicyclic) bond motifs is 1. The molecule has 0 aliphatic rings. The van der Waals surface area contributed by atoms with Gasteiger partial charge in [-0.15, -0.1) is 27.1 Å². The van der Waals surface area contributed by atoms with Crippen molar-refractivity contribution < 1.29 is 14.3 Å². The molecule has 2 heterocycles. The minimum atomic E-state index is -0.127. The zero-order chi connectivity index (χ0) is 21.6. The molecule has 0 radical (unpaired) electrons. The first-order valence-corrected chi connectivity index (χ1v) is 10.8. The number of ether oxygens (including phenoxy) is 2. The van der Waals surface area contributed by atoms with Crippen LogP contribution in [-0.4, -0.2) is 52.2 Å². The fourth-order valence-electron chi connectivity index (χ4n) is 3.02. The standard InChI is InChI=1S/C22H21N5O3S/c1-29-16-9-7-15(8-10-16)21-25-24-19-11-12-20(26-27(19)21)30-14-13-23-22(28)17-5-3-4-6-18(17)31-2/h3-12H,13-14H2,1-2H3,(H,23,28). The molecule has 4 aromatic rings. The minimum Gasteiger partial charge on any atom is -0.497 e. The molecule has 1 N–H and O–H groups in total. The molecule has 4 rings (SSSR count). The Bertz CT molecular complexity index is 1190. The van der Waals surface area contributed by atoms with Crippen molar-refractivity contribution in [1.82, 2.24) is 25.1 Å². The summed E-state index contributed by atoms with van der Waals surface area (Å²) in [5, 5.41) is 15.7. The summed E-state index contributed by atoms with van der Waals surface area (Å²) in [7, 11) is 1.62. The van der Waals surface area contributed by atoms with Crippen LogP contribution in [-0.2, 0) is 0 Å². The number of carbonyl (C=O) groups excluding carboxylic acids is 1. The van der Waals surface area contributed by atoms with Crippen LogP contribution in [0.4, 0.5) is 0 Å². The van der Waals surface area contributed by atoms with Crippen molar-refractivity contribution in [1.29, 1.82) is 0 Å². The van der Waals surface area contributed by atoms with Gasteiger partial charge in [-0.05, 0) is 48.7 Å². The molecule has 0 unspecified atom stereocenters. The first-order valence-electron chi connectivity index (χ1n) is 9.60. The summed E-state index contributed by atoms with van der Waals surface area (Å²) in [6.07, 6.45) is 1.95. The quantitative estimate of drug-likeness (QED) is 0.335. The molecular weight excluding hydrogens is 414 g/mol. The Morgan fingerprint density at radius 1 is 1.06 bits per heavy atom. The van der Waals surface area contributed by atoms with E-state index in [-0.39, 0.29) is 12.5 Å². The highest BCUT2D eigenvalue weighted by Crippen LogP contribution is 2.22. The van der Waals surface area contributed by atoms with Gasteiger partial charge in [0.15, 0.2) is 11.5 Å². The third kappa shape index (κ3) is 4.61. The SMILES string of the molecule is COc1ccc(-c2nnc3ccc(OCCNC(=O)c4ccccc4SC)nn23)cc1. The summed E-state index contributed by atoms with van der Waals surface area (Å²) in [5.41, 5.74) is 2.13. The van der Waals surface area contributed by atoms with Gasteiger partial charge in [0.25, 0.3) is 5.91 Å². The molecule has 0 fully saturated rings. The molecule has 0 saturated heterocycles. The van der Waals surface area contributed by atoms with Crippen LogP contribution in [0.3, 0.4) is 0 Å². The normalized spacial score (nSPS) is 10.8. The van der Waals surface area contributed by atoms with E-state index in [1.807, 2.05) is 54.8 Å². The maximum Gasteiger partial charge on any atom is 0.252 e. The van der Waals surface area contributed by atoms with Crippen LogP contribution in [0.2, 0.25) is 0 Å². The number of thioether (sulfide) groups is 1. The first kappa shape index (κ1) is 20.7. The van der Waals surface area contributed by atoms with Crippen LogP contribution in [0.15, 0.2) is 65.6 Å². The number of benzene rings is 2. The molecule has 8 nitrogen and oxygen atoms in total. The Labute approximate surface area is 183 Å². The van der Waals surface area contributed by atoms with E-state index in [9.17, 15) is 4.79 Å². The Kier molecular flexibility index (Phi) is 6.32. The summed E-state index contributed by atoms with van der Waals surface area (Å²) in [6.45, 7) is 0.639. The number of carbonyl (C=O) groups is 1. The van der Waals surface area contributed by atoms with Gasteiger partial charge in [-0.25, -0.2) is 0 Å². The van der Waals surface area contributed by atoms with Crippen LogP contribution in [0.25, 0.3) is 17.0 Å². The monoisotopic (exact) mass is 435 g/mol. The molecule has 0 saturated carbocycles. The van der Waals surface area contributed by atoms with Crippen molar-refractivity contribution in [3.8, 4) is 23.0 Å². The van der Waals surface area contributed by atoms with Gasteiger partial charge in [0, 0.05) is 16.5 Å². The maximum atomic E-state index is 12.4. The van der Waals surface area contributed by atoms with Crippen LogP contribution in [0.1, 0.15) is 10.4 Å². The second kappa shape index (κ2) is 9.48. The number of nitrogens with zero attached hydrogens (tertiary/aromatic N) is 4. The number of nitrogens with one attached hydrogen (secondary N) is 1. The van der Waals surface area contributed by atoms with E-state index in [4.69, 9.17) is 9.47 Å². The van der Waals surface area contributed by atoms with Crippen molar-refractivity contribution in [2.45, 2.75) is 4.90 Å². The van der Waals surface area contributed by atoms with Gasteiger partial charge in [0.1, 0.15) is 12.4 Å². The maximum absolute atomic E-state index is 12.4. The molecule has 0 aliphatic heterocycles. The van der Waals surface area contributed by atoms with E-state index in [2.05, 4.69) is 20.6 Å². The average molecular weight is 436 g/mol. The van der Waals surface area contributed by atoms with Gasteiger partial charge in [0.05, 0.1) is 19.2 Å². The van der Waals surface area contributed by atoms with Crippen LogP contribution >= 0.6 is 11.8 Å². The van der Waals surface area contributed by atoms with E-state index in [1.165, 1.54) is 11.8 Å². The van der Waals surface area contributed by atoms with Gasteiger partial charge in [-0.1, -0.05) is 12.1 Å². The van der Waals surface area contributed by atoms with Crippen molar-refractivity contribution in [2.24, 2.45) is 0 Å². The highest BCUT2D eigenvalue weighted by atomic mass is 32.2. The smallest absolute Gasteiger partial charge is 0.252 e. The molecule has 1 amide bonds. The zero-order valence-corrected chi connectivity index (χ0v) is 17.9. The molecule has 2 aromatic carbocycles. The molecule has 31 heavy (non-hydrogen) atoms. The van der Waals surface area contributed by atoms with Gasteiger partial charge in [-0.2, -0.15) is 4.52 Å². The fourth-order valence-corrected chi connectivity index (χ4v) is 3.61. The molecule has 2 aromatic heterocycles. The molecule has 0 bridgehead atoms. The van der Waals surface area contributed by atoms with Crippen molar-refractivity contribution >= 4 is 23.3 Å². The van der Waals surface area contributed by atoms with Gasteiger partial charge >= 0.3 is 0 Å². The molecule has 0 aliphatic carbocycles. The van der Waals surface area contributed by atoms with Crippen molar-refractivity contribution in [2.75, 3.05) is 26.5 Å². The zero-order valence-electron chi connectivity index (χ0n) is 17.1. The van der Waals surface area contributed by atoms with Crippen LogP contribution < -0.4 is 14.8 Å². The van der Waals surface area contributed by atoms with E-state index < -0.39 is 0 Å². The number of aromatic nitrogens is 4. The van der Waals surface area contributed by atoms with Gasteiger partial charge in [-0.3, -0.25) is 4.79 Å². The molecule has 0 atom stereocenters. The first-order chi connectivity index (χ1) is 15.2. The topological polar surface area (TPSA) is 90.6 Å². The number of hydrogen-bond donors (Lipinski definition) is 1. The van der Waals surface area contributed by atoms with Gasteiger partial charge < -0.3 is 14.8 Å². The Balaban J connectivity index is 1.40. The highest BCUT2D eigenvalue weighted by Gasteiger charge is 2.12. The van der Waals surface area contributed by atoms with E-state index in [0.29, 0.717) is 29.5 Å². The lowest BCUT2D eigenvalue weighted by atomic mass is 10.2. The van der Waals surface area contributed by atoms with E-state index >= 15 is 0 Å². The fraction of sp³-hybridized carbons (Fsp3) is 0.182. The summed E-state index contributed by atoms with van der Waals surface area (Å²) in [5.74, 6) is 1.65. The molecule has 0 spiro atoms. The third-order valence-corrected chi connectivity index (χ3v) is 5.37. The lowest BCUT2D eigenvalue weighted by Gasteiger charge is -2.09.